The molecule has 0 heterocycles. The van der Waals surface area contributed by atoms with Gasteiger partial charge in [-0.15, -0.1) is 0 Å². The predicted octanol–water partition coefficient (Wildman–Crippen LogP) is 5.24. The SMILES string of the molecule is CC(=O)Cc1ccc(NC(=O)C(C)(C)Oc2ccc(CCNC(=O)c3ccc(Cl)cc3)cc2)cc1. The second-order valence-electron chi connectivity index (χ2n) is 8.80. The first kappa shape index (κ1) is 26.0. The van der Waals surface area contributed by atoms with Crippen molar-refractivity contribution in [2.45, 2.75) is 39.2 Å². The maximum Gasteiger partial charge on any atom is 0.267 e. The van der Waals surface area contributed by atoms with E-state index >= 15 is 0 Å². The Morgan fingerprint density at radius 3 is 2.06 bits per heavy atom. The molecule has 0 aliphatic heterocycles. The summed E-state index contributed by atoms with van der Waals surface area (Å²) < 4.78 is 5.94. The molecule has 0 aliphatic carbocycles. The van der Waals surface area contributed by atoms with Crippen LogP contribution < -0.4 is 15.4 Å². The van der Waals surface area contributed by atoms with Crippen LogP contribution in [0, 0.1) is 0 Å². The number of benzene rings is 3. The normalized spacial score (nSPS) is 11.0. The van der Waals surface area contributed by atoms with Gasteiger partial charge in [-0.1, -0.05) is 35.9 Å². The van der Waals surface area contributed by atoms with Crippen LogP contribution in [0.2, 0.25) is 5.02 Å². The standard InChI is InChI=1S/C28H29ClN2O4/c1-19(32)18-21-4-12-24(13-5-21)31-27(34)28(2,3)35-25-14-6-20(7-15-25)16-17-30-26(33)22-8-10-23(29)11-9-22/h4-15H,16-18H2,1-3H3,(H,30,33)(H,31,34). The lowest BCUT2D eigenvalue weighted by Crippen LogP contribution is -2.42. The smallest absolute Gasteiger partial charge is 0.267 e. The van der Waals surface area contributed by atoms with Gasteiger partial charge >= 0.3 is 0 Å². The molecule has 3 aromatic carbocycles. The van der Waals surface area contributed by atoms with Gasteiger partial charge in [0.15, 0.2) is 5.60 Å². The summed E-state index contributed by atoms with van der Waals surface area (Å²) in [6.07, 6.45) is 1.02. The third-order valence-corrected chi connectivity index (χ3v) is 5.57. The van der Waals surface area contributed by atoms with Crippen LogP contribution >= 0.6 is 11.6 Å². The number of amides is 2. The van der Waals surface area contributed by atoms with Crippen molar-refractivity contribution in [3.05, 3.63) is 94.5 Å². The molecule has 0 aliphatic rings. The molecule has 3 rings (SSSR count). The number of nitrogens with one attached hydrogen (secondary N) is 2. The maximum absolute atomic E-state index is 12.8. The number of anilines is 1. The number of carbonyl (C=O) groups excluding carboxylic acids is 3. The first-order valence-electron chi connectivity index (χ1n) is 11.3. The van der Waals surface area contributed by atoms with Gasteiger partial charge < -0.3 is 15.4 Å². The zero-order valence-corrected chi connectivity index (χ0v) is 20.8. The highest BCUT2D eigenvalue weighted by Gasteiger charge is 2.30. The van der Waals surface area contributed by atoms with Gasteiger partial charge in [-0.05, 0) is 86.8 Å². The van der Waals surface area contributed by atoms with Crippen molar-refractivity contribution < 1.29 is 19.1 Å². The highest BCUT2D eigenvalue weighted by atomic mass is 35.5. The zero-order chi connectivity index (χ0) is 25.4. The van der Waals surface area contributed by atoms with E-state index in [1.807, 2.05) is 36.4 Å². The molecule has 0 unspecified atom stereocenters. The molecule has 0 atom stereocenters. The summed E-state index contributed by atoms with van der Waals surface area (Å²) in [5.74, 6) is 0.217. The Balaban J connectivity index is 1.49. The molecule has 0 spiro atoms. The predicted molar refractivity (Wildman–Crippen MR) is 138 cm³/mol. The monoisotopic (exact) mass is 492 g/mol. The average molecular weight is 493 g/mol. The average Bonchev–Trinajstić information content (AvgIpc) is 2.81. The molecule has 2 N–H and O–H groups in total. The molecule has 3 aromatic rings. The number of Topliss-reactive ketones (excluding diaryl/α,β-unsaturated/α-hetero) is 1. The lowest BCUT2D eigenvalue weighted by Gasteiger charge is -2.25. The molecule has 0 aromatic heterocycles. The topological polar surface area (TPSA) is 84.5 Å². The number of hydrogen-bond donors (Lipinski definition) is 2. The molecular weight excluding hydrogens is 464 g/mol. The van der Waals surface area contributed by atoms with E-state index in [1.165, 1.54) is 0 Å². The van der Waals surface area contributed by atoms with Crippen LogP contribution in [0.15, 0.2) is 72.8 Å². The van der Waals surface area contributed by atoms with Gasteiger partial charge in [0.2, 0.25) is 0 Å². The van der Waals surface area contributed by atoms with Crippen LogP contribution in [0.5, 0.6) is 5.75 Å². The first-order valence-corrected chi connectivity index (χ1v) is 11.7. The molecular formula is C28H29ClN2O4. The summed E-state index contributed by atoms with van der Waals surface area (Å²) in [6.45, 7) is 5.43. The fraction of sp³-hybridized carbons (Fsp3) is 0.250. The second-order valence-corrected chi connectivity index (χ2v) is 9.24. The van der Waals surface area contributed by atoms with Crippen molar-refractivity contribution in [1.29, 1.82) is 0 Å². The Morgan fingerprint density at radius 2 is 1.46 bits per heavy atom. The van der Waals surface area contributed by atoms with Crippen molar-refractivity contribution in [3.63, 3.8) is 0 Å². The summed E-state index contributed by atoms with van der Waals surface area (Å²) in [7, 11) is 0. The minimum Gasteiger partial charge on any atom is -0.478 e. The number of hydrogen-bond acceptors (Lipinski definition) is 4. The number of halogens is 1. The summed E-state index contributed by atoms with van der Waals surface area (Å²) in [5, 5.41) is 6.33. The largest absolute Gasteiger partial charge is 0.478 e. The number of rotatable bonds is 10. The Bertz CT molecular complexity index is 1170. The molecule has 0 saturated carbocycles. The summed E-state index contributed by atoms with van der Waals surface area (Å²) in [5.41, 5.74) is 2.02. The Labute approximate surface area is 210 Å². The summed E-state index contributed by atoms with van der Waals surface area (Å²) in [4.78, 5) is 36.2. The molecule has 182 valence electrons. The van der Waals surface area contributed by atoms with Gasteiger partial charge in [0.25, 0.3) is 11.8 Å². The van der Waals surface area contributed by atoms with Crippen molar-refractivity contribution >= 4 is 34.9 Å². The fourth-order valence-electron chi connectivity index (χ4n) is 3.36. The fourth-order valence-corrected chi connectivity index (χ4v) is 3.49. The van der Waals surface area contributed by atoms with Gasteiger partial charge in [0.05, 0.1) is 0 Å². The molecule has 35 heavy (non-hydrogen) atoms. The first-order chi connectivity index (χ1) is 16.6. The lowest BCUT2D eigenvalue weighted by atomic mass is 10.1. The Morgan fingerprint density at radius 1 is 0.857 bits per heavy atom. The van der Waals surface area contributed by atoms with Crippen LogP contribution in [-0.4, -0.2) is 29.7 Å². The van der Waals surface area contributed by atoms with E-state index in [4.69, 9.17) is 16.3 Å². The van der Waals surface area contributed by atoms with Crippen LogP contribution in [-0.2, 0) is 22.4 Å². The lowest BCUT2D eigenvalue weighted by molar-refractivity contribution is -0.128. The molecule has 0 radical (unpaired) electrons. The van der Waals surface area contributed by atoms with Gasteiger partial charge in [-0.3, -0.25) is 14.4 Å². The van der Waals surface area contributed by atoms with Crippen LogP contribution in [0.3, 0.4) is 0 Å². The maximum atomic E-state index is 12.8. The van der Waals surface area contributed by atoms with E-state index in [1.54, 1.807) is 57.2 Å². The molecule has 7 heteroatoms. The van der Waals surface area contributed by atoms with Crippen LogP contribution in [0.4, 0.5) is 5.69 Å². The third-order valence-electron chi connectivity index (χ3n) is 5.31. The van der Waals surface area contributed by atoms with Gasteiger partial charge in [-0.25, -0.2) is 0 Å². The molecule has 0 fully saturated rings. The van der Waals surface area contributed by atoms with Gasteiger partial charge in [0, 0.05) is 29.2 Å². The molecule has 2 amide bonds. The third kappa shape index (κ3) is 7.97. The van der Waals surface area contributed by atoms with Gasteiger partial charge in [0.1, 0.15) is 11.5 Å². The quantitative estimate of drug-likeness (QED) is 0.405. The van der Waals surface area contributed by atoms with Crippen LogP contribution in [0.25, 0.3) is 0 Å². The highest BCUT2D eigenvalue weighted by molar-refractivity contribution is 6.30. The van der Waals surface area contributed by atoms with E-state index in [-0.39, 0.29) is 17.6 Å². The Kier molecular flexibility index (Phi) is 8.66. The van der Waals surface area contributed by atoms with Crippen molar-refractivity contribution in [1.82, 2.24) is 5.32 Å². The minimum absolute atomic E-state index is 0.0880. The van der Waals surface area contributed by atoms with E-state index in [0.29, 0.717) is 41.4 Å². The highest BCUT2D eigenvalue weighted by Crippen LogP contribution is 2.21. The van der Waals surface area contributed by atoms with Crippen molar-refractivity contribution in [2.75, 3.05) is 11.9 Å². The van der Waals surface area contributed by atoms with Crippen molar-refractivity contribution in [2.24, 2.45) is 0 Å². The zero-order valence-electron chi connectivity index (χ0n) is 20.1. The summed E-state index contributed by atoms with van der Waals surface area (Å²) >= 11 is 5.85. The van der Waals surface area contributed by atoms with E-state index < -0.39 is 5.60 Å². The second kappa shape index (κ2) is 11.7. The molecule has 6 nitrogen and oxygen atoms in total. The van der Waals surface area contributed by atoms with E-state index in [0.717, 1.165) is 11.1 Å². The minimum atomic E-state index is -1.11. The van der Waals surface area contributed by atoms with Crippen molar-refractivity contribution in [3.8, 4) is 5.75 Å². The molecule has 0 saturated heterocycles. The number of carbonyl (C=O) groups is 3. The summed E-state index contributed by atoms with van der Waals surface area (Å²) in [6, 6.07) is 21.4. The number of ketones is 1. The number of ether oxygens (including phenoxy) is 1. The van der Waals surface area contributed by atoms with Gasteiger partial charge in [-0.2, -0.15) is 0 Å². The van der Waals surface area contributed by atoms with E-state index in [2.05, 4.69) is 10.6 Å². The molecule has 0 bridgehead atoms. The van der Waals surface area contributed by atoms with Crippen LogP contribution in [0.1, 0.15) is 42.3 Å². The van der Waals surface area contributed by atoms with E-state index in [9.17, 15) is 14.4 Å². The Hall–Kier alpha value is -3.64.